The van der Waals surface area contributed by atoms with Crippen LogP contribution in [0.2, 0.25) is 0 Å². The lowest BCUT2D eigenvalue weighted by molar-refractivity contribution is 0.121. The highest BCUT2D eigenvalue weighted by Gasteiger charge is 2.35. The molecule has 1 atom stereocenters. The minimum Gasteiger partial charge on any atom is -0.491 e. The second-order valence-corrected chi connectivity index (χ2v) is 10.1. The third-order valence-corrected chi connectivity index (χ3v) is 6.95. The molecule has 0 aromatic heterocycles. The predicted octanol–water partition coefficient (Wildman–Crippen LogP) is 6.24. The van der Waals surface area contributed by atoms with Crippen molar-refractivity contribution in [3.63, 3.8) is 0 Å². The molecule has 0 amide bonds. The summed E-state index contributed by atoms with van der Waals surface area (Å²) in [5.74, 6) is 0.595. The topological polar surface area (TPSA) is 112 Å². The smallest absolute Gasteiger partial charge is 0.483 e. The zero-order valence-corrected chi connectivity index (χ0v) is 19.6. The highest BCUT2D eigenvalue weighted by molar-refractivity contribution is 7.61. The van der Waals surface area contributed by atoms with Gasteiger partial charge >= 0.3 is 15.6 Å². The zero-order chi connectivity index (χ0) is 22.1. The van der Waals surface area contributed by atoms with Gasteiger partial charge in [0.15, 0.2) is 0 Å². The van der Waals surface area contributed by atoms with E-state index in [0.29, 0.717) is 12.2 Å². The Balaban J connectivity index is 2.22. The average Bonchev–Trinajstić information content (AvgIpc) is 2.69. The van der Waals surface area contributed by atoms with E-state index >= 15 is 0 Å². The minimum absolute atomic E-state index is 0.0279. The molecule has 0 spiro atoms. The molecule has 0 aliphatic carbocycles. The van der Waals surface area contributed by atoms with E-state index in [9.17, 15) is 9.13 Å². The Kier molecular flexibility index (Phi) is 14.6. The molecule has 0 aliphatic heterocycles. The highest BCUT2D eigenvalue weighted by atomic mass is 31.3. The third-order valence-electron chi connectivity index (χ3n) is 4.30. The lowest BCUT2D eigenvalue weighted by Crippen LogP contribution is -2.08. The Morgan fingerprint density at radius 1 is 0.733 bits per heavy atom. The molecule has 0 saturated carbocycles. The number of ether oxygens (including phenoxy) is 1. The monoisotopic (exact) mass is 466 g/mol. The van der Waals surface area contributed by atoms with Gasteiger partial charge in [0, 0.05) is 0 Å². The number of phosphoric acid groups is 2. The van der Waals surface area contributed by atoms with Crippen LogP contribution in [0.5, 0.6) is 5.75 Å². The molecule has 8 nitrogen and oxygen atoms in total. The number of hydrogen-bond acceptors (Lipinski definition) is 6. The molecule has 1 aromatic rings. The van der Waals surface area contributed by atoms with Crippen molar-refractivity contribution in [3.8, 4) is 5.75 Å². The molecule has 0 fully saturated rings. The van der Waals surface area contributed by atoms with E-state index in [1.807, 2.05) is 6.07 Å². The molecule has 0 saturated heterocycles. The third kappa shape index (κ3) is 15.1. The van der Waals surface area contributed by atoms with Crippen LogP contribution < -0.4 is 4.74 Å². The SMILES string of the molecule is CCCCCCCCCCCCOP(=O)(OCCOc1ccccc1)OP(=O)(O)O. The summed E-state index contributed by atoms with van der Waals surface area (Å²) in [4.78, 5) is 18.0. The minimum atomic E-state index is -5.03. The van der Waals surface area contributed by atoms with Crippen LogP contribution in [0.25, 0.3) is 0 Å². The first-order valence-corrected chi connectivity index (χ1v) is 13.7. The summed E-state index contributed by atoms with van der Waals surface area (Å²) in [6, 6.07) is 8.93. The Bertz CT molecular complexity index is 635. The maximum atomic E-state index is 12.5. The quantitative estimate of drug-likeness (QED) is 0.182. The van der Waals surface area contributed by atoms with Crippen molar-refractivity contribution in [3.05, 3.63) is 30.3 Å². The molecule has 0 aliphatic rings. The van der Waals surface area contributed by atoms with E-state index in [1.165, 1.54) is 38.5 Å². The molecule has 1 unspecified atom stereocenters. The van der Waals surface area contributed by atoms with Gasteiger partial charge < -0.3 is 14.5 Å². The summed E-state index contributed by atoms with van der Waals surface area (Å²) < 4.78 is 43.4. The van der Waals surface area contributed by atoms with Crippen LogP contribution in [0.4, 0.5) is 0 Å². The molecule has 30 heavy (non-hydrogen) atoms. The molecule has 174 valence electrons. The molecule has 0 heterocycles. The number of unbranched alkanes of at least 4 members (excludes halogenated alkanes) is 9. The van der Waals surface area contributed by atoms with Gasteiger partial charge in [0.2, 0.25) is 0 Å². The zero-order valence-electron chi connectivity index (χ0n) is 17.8. The standard InChI is InChI=1S/C20H36O8P2/c1-2-3-4-5-6-7-8-9-10-14-17-26-30(24,28-29(21,22)23)27-19-18-25-20-15-12-11-13-16-20/h11-13,15-16H,2-10,14,17-19H2,1H3,(H2,21,22,23). The van der Waals surface area contributed by atoms with Crippen LogP contribution in [-0.4, -0.2) is 29.6 Å². The van der Waals surface area contributed by atoms with Gasteiger partial charge in [-0.3, -0.25) is 9.05 Å². The molecule has 1 aromatic carbocycles. The fourth-order valence-corrected chi connectivity index (χ4v) is 4.95. The Hall–Kier alpha value is -0.720. The van der Waals surface area contributed by atoms with Crippen molar-refractivity contribution < 1.29 is 37.0 Å². The largest absolute Gasteiger partial charge is 0.491 e. The second-order valence-electron chi connectivity index (χ2n) is 7.03. The summed E-state index contributed by atoms with van der Waals surface area (Å²) in [5.41, 5.74) is 0. The normalized spacial score (nSPS) is 13.8. The van der Waals surface area contributed by atoms with E-state index in [-0.39, 0.29) is 19.8 Å². The van der Waals surface area contributed by atoms with Crippen LogP contribution in [0, 0.1) is 0 Å². The van der Waals surface area contributed by atoms with E-state index in [2.05, 4.69) is 11.2 Å². The molecule has 10 heteroatoms. The van der Waals surface area contributed by atoms with Gasteiger partial charge in [-0.1, -0.05) is 82.9 Å². The number of para-hydroxylation sites is 1. The molecule has 0 radical (unpaired) electrons. The first kappa shape index (κ1) is 27.3. The summed E-state index contributed by atoms with van der Waals surface area (Å²) in [6.07, 6.45) is 11.2. The number of rotatable bonds is 19. The van der Waals surface area contributed by atoms with E-state index in [0.717, 1.165) is 19.3 Å². The fraction of sp³-hybridized carbons (Fsp3) is 0.700. The first-order valence-electron chi connectivity index (χ1n) is 10.7. The average molecular weight is 466 g/mol. The van der Waals surface area contributed by atoms with Crippen LogP contribution in [0.1, 0.15) is 71.1 Å². The Morgan fingerprint density at radius 3 is 1.83 bits per heavy atom. The number of phosphoric ester groups is 1. The van der Waals surface area contributed by atoms with Crippen molar-refractivity contribution >= 4 is 15.6 Å². The predicted molar refractivity (Wildman–Crippen MR) is 116 cm³/mol. The molecule has 0 bridgehead atoms. The maximum absolute atomic E-state index is 12.5. The van der Waals surface area contributed by atoms with Crippen LogP contribution in [-0.2, 0) is 22.5 Å². The highest BCUT2D eigenvalue weighted by Crippen LogP contribution is 2.61. The van der Waals surface area contributed by atoms with Gasteiger partial charge in [-0.2, -0.15) is 4.31 Å². The van der Waals surface area contributed by atoms with Gasteiger partial charge in [-0.25, -0.2) is 9.13 Å². The lowest BCUT2D eigenvalue weighted by Gasteiger charge is -2.18. The van der Waals surface area contributed by atoms with Crippen LogP contribution in [0.15, 0.2) is 30.3 Å². The summed E-state index contributed by atoms with van der Waals surface area (Å²) >= 11 is 0. The molecule has 2 N–H and O–H groups in total. The van der Waals surface area contributed by atoms with Crippen molar-refractivity contribution in [1.82, 2.24) is 0 Å². The number of benzene rings is 1. The van der Waals surface area contributed by atoms with E-state index in [4.69, 9.17) is 23.6 Å². The maximum Gasteiger partial charge on any atom is 0.483 e. The van der Waals surface area contributed by atoms with Gasteiger partial charge in [-0.05, 0) is 18.6 Å². The van der Waals surface area contributed by atoms with Gasteiger partial charge in [0.05, 0.1) is 13.2 Å². The Morgan fingerprint density at radius 2 is 1.27 bits per heavy atom. The second kappa shape index (κ2) is 16.0. The van der Waals surface area contributed by atoms with Crippen LogP contribution in [0.3, 0.4) is 0 Å². The fourth-order valence-electron chi connectivity index (χ4n) is 2.81. The van der Waals surface area contributed by atoms with E-state index in [1.54, 1.807) is 24.3 Å². The van der Waals surface area contributed by atoms with Gasteiger partial charge in [0.1, 0.15) is 12.4 Å². The van der Waals surface area contributed by atoms with Crippen molar-refractivity contribution in [1.29, 1.82) is 0 Å². The summed E-state index contributed by atoms with van der Waals surface area (Å²) in [7, 11) is -9.41. The molecule has 1 rings (SSSR count). The summed E-state index contributed by atoms with van der Waals surface area (Å²) in [6.45, 7) is 2.06. The van der Waals surface area contributed by atoms with Gasteiger partial charge in [0.25, 0.3) is 0 Å². The van der Waals surface area contributed by atoms with Gasteiger partial charge in [-0.15, -0.1) is 0 Å². The van der Waals surface area contributed by atoms with Crippen molar-refractivity contribution in [2.45, 2.75) is 71.1 Å². The van der Waals surface area contributed by atoms with Crippen molar-refractivity contribution in [2.75, 3.05) is 19.8 Å². The molecular formula is C20H36O8P2. The number of hydrogen-bond donors (Lipinski definition) is 2. The lowest BCUT2D eigenvalue weighted by atomic mass is 10.1. The van der Waals surface area contributed by atoms with E-state index < -0.39 is 15.6 Å². The first-order chi connectivity index (χ1) is 14.3. The Labute approximate surface area is 180 Å². The van der Waals surface area contributed by atoms with Crippen molar-refractivity contribution in [2.24, 2.45) is 0 Å². The van der Waals surface area contributed by atoms with Crippen LogP contribution >= 0.6 is 15.6 Å². The summed E-state index contributed by atoms with van der Waals surface area (Å²) in [5, 5.41) is 0. The molecular weight excluding hydrogens is 430 g/mol.